The van der Waals surface area contributed by atoms with Gasteiger partial charge in [-0.25, -0.2) is 4.79 Å². The molecule has 6 heteroatoms. The standard InChI is InChI=1S/C7H8O5.Ni/c1-4(8)3-6(10)7(11)12-5(2)9;/h3H2,1-2H3;. The van der Waals surface area contributed by atoms with E-state index in [0.717, 1.165) is 6.92 Å². The molecule has 0 aliphatic rings. The summed E-state index contributed by atoms with van der Waals surface area (Å²) in [5.41, 5.74) is 0. The van der Waals surface area contributed by atoms with Crippen molar-refractivity contribution in [3.8, 4) is 0 Å². The average molecular weight is 231 g/mol. The molecule has 0 aromatic heterocycles. The Morgan fingerprint density at radius 1 is 1.08 bits per heavy atom. The van der Waals surface area contributed by atoms with Crippen molar-refractivity contribution in [1.29, 1.82) is 0 Å². The van der Waals surface area contributed by atoms with E-state index in [4.69, 9.17) is 0 Å². The van der Waals surface area contributed by atoms with Crippen LogP contribution in [0, 0.1) is 0 Å². The van der Waals surface area contributed by atoms with E-state index in [2.05, 4.69) is 4.74 Å². The molecule has 0 radical (unpaired) electrons. The molecule has 0 N–H and O–H groups in total. The first kappa shape index (κ1) is 14.5. The third-order valence-electron chi connectivity index (χ3n) is 0.874. The van der Waals surface area contributed by atoms with Gasteiger partial charge in [-0.3, -0.25) is 14.4 Å². The summed E-state index contributed by atoms with van der Waals surface area (Å²) in [6.07, 6.45) is -0.522. The van der Waals surface area contributed by atoms with Crippen LogP contribution in [0.25, 0.3) is 0 Å². The maximum atomic E-state index is 10.6. The predicted molar refractivity (Wildman–Crippen MR) is 37.1 cm³/mol. The van der Waals surface area contributed by atoms with Gasteiger partial charge in [0.05, 0.1) is 6.42 Å². The summed E-state index contributed by atoms with van der Waals surface area (Å²) >= 11 is 0. The van der Waals surface area contributed by atoms with Crippen molar-refractivity contribution in [2.24, 2.45) is 0 Å². The Balaban J connectivity index is 0. The Labute approximate surface area is 84.7 Å². The molecule has 13 heavy (non-hydrogen) atoms. The second kappa shape index (κ2) is 6.49. The fraction of sp³-hybridized carbons (Fsp3) is 0.429. The number of Topliss-reactive ketones (excluding diaryl/α,β-unsaturated/α-hetero) is 2. The van der Waals surface area contributed by atoms with Crippen LogP contribution in [-0.2, 0) is 40.4 Å². The van der Waals surface area contributed by atoms with Gasteiger partial charge in [0, 0.05) is 23.4 Å². The molecule has 0 saturated carbocycles. The van der Waals surface area contributed by atoms with Gasteiger partial charge in [0.25, 0.3) is 0 Å². The third-order valence-corrected chi connectivity index (χ3v) is 0.874. The van der Waals surface area contributed by atoms with Crippen LogP contribution in [0.3, 0.4) is 0 Å². The van der Waals surface area contributed by atoms with Gasteiger partial charge in [0.15, 0.2) is 0 Å². The van der Waals surface area contributed by atoms with Gasteiger partial charge >= 0.3 is 11.9 Å². The van der Waals surface area contributed by atoms with Gasteiger partial charge in [0.2, 0.25) is 5.78 Å². The first-order chi connectivity index (χ1) is 5.43. The minimum Gasteiger partial charge on any atom is -0.387 e. The molecule has 0 rings (SSSR count). The molecule has 0 spiro atoms. The predicted octanol–water partition coefficient (Wildman–Crippen LogP) is -0.378. The Hall–Kier alpha value is -1.03. The molecule has 5 nitrogen and oxygen atoms in total. The maximum Gasteiger partial charge on any atom is 0.382 e. The van der Waals surface area contributed by atoms with Gasteiger partial charge in [-0.15, -0.1) is 0 Å². The fourth-order valence-corrected chi connectivity index (χ4v) is 0.486. The van der Waals surface area contributed by atoms with Crippen molar-refractivity contribution in [3.63, 3.8) is 0 Å². The number of ketones is 2. The van der Waals surface area contributed by atoms with Crippen molar-refractivity contribution in [1.82, 2.24) is 0 Å². The Morgan fingerprint density at radius 2 is 1.54 bits per heavy atom. The molecule has 0 heterocycles. The van der Waals surface area contributed by atoms with E-state index in [1.165, 1.54) is 6.92 Å². The number of rotatable bonds is 3. The zero-order valence-electron chi connectivity index (χ0n) is 7.06. The average Bonchev–Trinajstić information content (AvgIpc) is 1.84. The SMILES string of the molecule is CC(=O)CC(=O)C(=O)OC(C)=O.[Ni]. The van der Waals surface area contributed by atoms with Crippen LogP contribution in [0.5, 0.6) is 0 Å². The van der Waals surface area contributed by atoms with Crippen molar-refractivity contribution < 1.29 is 40.4 Å². The van der Waals surface area contributed by atoms with Crippen LogP contribution in [0.2, 0.25) is 0 Å². The molecular formula is C7H8NiO5. The Morgan fingerprint density at radius 3 is 1.85 bits per heavy atom. The summed E-state index contributed by atoms with van der Waals surface area (Å²) in [6, 6.07) is 0. The molecule has 0 aliphatic heterocycles. The fourth-order valence-electron chi connectivity index (χ4n) is 0.486. The molecular weight excluding hydrogens is 223 g/mol. The quantitative estimate of drug-likeness (QED) is 0.286. The van der Waals surface area contributed by atoms with Gasteiger partial charge < -0.3 is 4.74 Å². The number of carbonyl (C=O) groups excluding carboxylic acids is 4. The maximum absolute atomic E-state index is 10.6. The van der Waals surface area contributed by atoms with Crippen LogP contribution < -0.4 is 0 Å². The van der Waals surface area contributed by atoms with Gasteiger partial charge in [0.1, 0.15) is 5.78 Å². The van der Waals surface area contributed by atoms with E-state index in [1.54, 1.807) is 0 Å². The zero-order chi connectivity index (χ0) is 9.72. The molecule has 0 amide bonds. The van der Waals surface area contributed by atoms with E-state index in [9.17, 15) is 19.2 Å². The van der Waals surface area contributed by atoms with Crippen LogP contribution in [-0.4, -0.2) is 23.5 Å². The van der Waals surface area contributed by atoms with Crippen molar-refractivity contribution >= 4 is 23.5 Å². The summed E-state index contributed by atoms with van der Waals surface area (Å²) in [7, 11) is 0. The van der Waals surface area contributed by atoms with Crippen LogP contribution in [0.4, 0.5) is 0 Å². The number of carbonyl (C=O) groups is 4. The monoisotopic (exact) mass is 230 g/mol. The second-order valence-electron chi connectivity index (χ2n) is 2.18. The summed E-state index contributed by atoms with van der Waals surface area (Å²) < 4.78 is 3.93. The topological polar surface area (TPSA) is 77.5 Å². The first-order valence-electron chi connectivity index (χ1n) is 3.18. The van der Waals surface area contributed by atoms with E-state index in [1.807, 2.05) is 0 Å². The molecule has 0 saturated heterocycles. The number of hydrogen-bond acceptors (Lipinski definition) is 5. The van der Waals surface area contributed by atoms with E-state index in [-0.39, 0.29) is 16.5 Å². The zero-order valence-corrected chi connectivity index (χ0v) is 8.05. The van der Waals surface area contributed by atoms with Crippen molar-refractivity contribution in [3.05, 3.63) is 0 Å². The second-order valence-corrected chi connectivity index (χ2v) is 2.18. The number of esters is 2. The molecule has 0 atom stereocenters. The summed E-state index contributed by atoms with van der Waals surface area (Å²) in [5.74, 6) is -3.59. The number of ether oxygens (including phenoxy) is 1. The van der Waals surface area contributed by atoms with Gasteiger partial charge in [-0.2, -0.15) is 0 Å². The summed E-state index contributed by atoms with van der Waals surface area (Å²) in [5, 5.41) is 0. The minimum atomic E-state index is -1.28. The molecule has 0 fully saturated rings. The molecule has 0 aliphatic carbocycles. The van der Waals surface area contributed by atoms with Crippen LogP contribution in [0.15, 0.2) is 0 Å². The largest absolute Gasteiger partial charge is 0.387 e. The Bertz CT molecular complexity index is 219. The molecule has 76 valence electrons. The smallest absolute Gasteiger partial charge is 0.382 e. The first-order valence-corrected chi connectivity index (χ1v) is 3.18. The molecule has 0 bridgehead atoms. The molecule has 0 unspecified atom stereocenters. The van der Waals surface area contributed by atoms with Crippen LogP contribution >= 0.6 is 0 Å². The number of hydrogen-bond donors (Lipinski definition) is 0. The minimum absolute atomic E-state index is 0. The normalized spacial score (nSPS) is 8.15. The van der Waals surface area contributed by atoms with Crippen molar-refractivity contribution in [2.75, 3.05) is 0 Å². The third kappa shape index (κ3) is 7.34. The van der Waals surface area contributed by atoms with Crippen molar-refractivity contribution in [2.45, 2.75) is 20.3 Å². The van der Waals surface area contributed by atoms with Crippen LogP contribution in [0.1, 0.15) is 20.3 Å². The Kier molecular flexibility index (Phi) is 7.23. The van der Waals surface area contributed by atoms with E-state index >= 15 is 0 Å². The molecule has 0 aromatic carbocycles. The van der Waals surface area contributed by atoms with E-state index < -0.39 is 29.9 Å². The molecule has 0 aromatic rings. The van der Waals surface area contributed by atoms with E-state index in [0.29, 0.717) is 0 Å². The van der Waals surface area contributed by atoms with Gasteiger partial charge in [-0.1, -0.05) is 0 Å². The summed E-state index contributed by atoms with van der Waals surface area (Å²) in [6.45, 7) is 2.16. The van der Waals surface area contributed by atoms with Gasteiger partial charge in [-0.05, 0) is 6.92 Å². The summed E-state index contributed by atoms with van der Waals surface area (Å²) in [4.78, 5) is 41.7.